The summed E-state index contributed by atoms with van der Waals surface area (Å²) in [5.74, 6) is 0.538. The fourth-order valence-electron chi connectivity index (χ4n) is 4.51. The van der Waals surface area contributed by atoms with Gasteiger partial charge in [-0.3, -0.25) is 9.69 Å². The number of benzene rings is 1. The van der Waals surface area contributed by atoms with Gasteiger partial charge in [0.15, 0.2) is 0 Å². The van der Waals surface area contributed by atoms with Crippen LogP contribution >= 0.6 is 11.6 Å². The van der Waals surface area contributed by atoms with Crippen molar-refractivity contribution >= 4 is 23.6 Å². The Morgan fingerprint density at radius 1 is 1.00 bits per heavy atom. The van der Waals surface area contributed by atoms with Gasteiger partial charge < -0.3 is 10.2 Å². The van der Waals surface area contributed by atoms with Crippen LogP contribution in [0.4, 0.5) is 0 Å². The minimum Gasteiger partial charge on any atom is -0.353 e. The van der Waals surface area contributed by atoms with E-state index in [0.29, 0.717) is 18.0 Å². The first-order chi connectivity index (χ1) is 13.7. The molecule has 5 heteroatoms. The third-order valence-corrected chi connectivity index (χ3v) is 6.62. The molecule has 3 aliphatic rings. The molecule has 28 heavy (non-hydrogen) atoms. The van der Waals surface area contributed by atoms with Crippen molar-refractivity contribution < 1.29 is 4.79 Å². The first-order valence-corrected chi connectivity index (χ1v) is 11.2. The maximum Gasteiger partial charge on any atom is 0.223 e. The van der Waals surface area contributed by atoms with Gasteiger partial charge in [-0.2, -0.15) is 0 Å². The number of nitrogens with zero attached hydrogens (tertiary/aromatic N) is 2. The molecule has 152 valence electrons. The van der Waals surface area contributed by atoms with Gasteiger partial charge in [0.05, 0.1) is 0 Å². The molecule has 2 aliphatic heterocycles. The van der Waals surface area contributed by atoms with Crippen molar-refractivity contribution in [1.29, 1.82) is 0 Å². The summed E-state index contributed by atoms with van der Waals surface area (Å²) in [6.07, 6.45) is 8.87. The van der Waals surface area contributed by atoms with Gasteiger partial charge in [0, 0.05) is 42.7 Å². The zero-order chi connectivity index (χ0) is 19.3. The van der Waals surface area contributed by atoms with Crippen molar-refractivity contribution in [3.8, 4) is 0 Å². The van der Waals surface area contributed by atoms with Gasteiger partial charge in [-0.05, 0) is 63.3 Å². The molecule has 1 amide bonds. The highest BCUT2D eigenvalue weighted by Gasteiger charge is 2.32. The van der Waals surface area contributed by atoms with Gasteiger partial charge in [-0.25, -0.2) is 0 Å². The lowest BCUT2D eigenvalue weighted by molar-refractivity contribution is -0.126. The largest absolute Gasteiger partial charge is 0.353 e. The summed E-state index contributed by atoms with van der Waals surface area (Å²) < 4.78 is 0. The molecule has 0 aromatic heterocycles. The number of rotatable bonds is 6. The van der Waals surface area contributed by atoms with Gasteiger partial charge in [-0.1, -0.05) is 41.9 Å². The molecule has 3 fully saturated rings. The summed E-state index contributed by atoms with van der Waals surface area (Å²) in [5.41, 5.74) is 1.16. The molecule has 1 N–H and O–H groups in total. The highest BCUT2D eigenvalue weighted by atomic mass is 35.5. The van der Waals surface area contributed by atoms with E-state index >= 15 is 0 Å². The Morgan fingerprint density at radius 2 is 1.68 bits per heavy atom. The van der Waals surface area contributed by atoms with Gasteiger partial charge in [0.25, 0.3) is 0 Å². The number of carbonyl (C=O) groups is 1. The Hall–Kier alpha value is -1.36. The van der Waals surface area contributed by atoms with Gasteiger partial charge in [0.2, 0.25) is 5.91 Å². The molecule has 0 unspecified atom stereocenters. The average Bonchev–Trinajstić information content (AvgIpc) is 3.53. The van der Waals surface area contributed by atoms with Crippen molar-refractivity contribution in [3.05, 3.63) is 40.9 Å². The van der Waals surface area contributed by atoms with E-state index in [1.54, 1.807) is 0 Å². The van der Waals surface area contributed by atoms with E-state index in [9.17, 15) is 4.79 Å². The number of hydrogen-bond acceptors (Lipinski definition) is 3. The zero-order valence-electron chi connectivity index (χ0n) is 16.7. The SMILES string of the molecule is O=C(NC1CC1)C1CCN(C2CCN(C/C(Cl)=C/c3ccccc3)CC2)CC1. The lowest BCUT2D eigenvalue weighted by Crippen LogP contribution is -2.49. The van der Waals surface area contributed by atoms with E-state index in [0.717, 1.165) is 56.2 Å². The predicted octanol–water partition coefficient (Wildman–Crippen LogP) is 3.72. The van der Waals surface area contributed by atoms with E-state index in [4.69, 9.17) is 11.6 Å². The highest BCUT2D eigenvalue weighted by molar-refractivity contribution is 6.31. The van der Waals surface area contributed by atoms with Crippen LogP contribution < -0.4 is 5.32 Å². The van der Waals surface area contributed by atoms with Gasteiger partial charge in [0.1, 0.15) is 0 Å². The van der Waals surface area contributed by atoms with Gasteiger partial charge in [-0.15, -0.1) is 0 Å². The normalized spacial score (nSPS) is 23.7. The molecule has 4 nitrogen and oxygen atoms in total. The lowest BCUT2D eigenvalue weighted by atomic mass is 9.92. The Morgan fingerprint density at radius 3 is 2.32 bits per heavy atom. The van der Waals surface area contributed by atoms with Crippen LogP contribution in [0.25, 0.3) is 6.08 Å². The predicted molar refractivity (Wildman–Crippen MR) is 115 cm³/mol. The summed E-state index contributed by atoms with van der Waals surface area (Å²) in [6.45, 7) is 5.19. The Kier molecular flexibility index (Phi) is 6.71. The van der Waals surface area contributed by atoms with E-state index in [-0.39, 0.29) is 5.92 Å². The minimum atomic E-state index is 0.235. The zero-order valence-corrected chi connectivity index (χ0v) is 17.4. The van der Waals surface area contributed by atoms with Crippen molar-refractivity contribution in [2.75, 3.05) is 32.7 Å². The molecule has 1 aromatic rings. The summed E-state index contributed by atoms with van der Waals surface area (Å²) >= 11 is 6.49. The summed E-state index contributed by atoms with van der Waals surface area (Å²) in [7, 11) is 0. The summed E-state index contributed by atoms with van der Waals surface area (Å²) in [5, 5.41) is 4.09. The van der Waals surface area contributed by atoms with Crippen LogP contribution in [0.1, 0.15) is 44.1 Å². The monoisotopic (exact) mass is 401 g/mol. The van der Waals surface area contributed by atoms with Gasteiger partial charge >= 0.3 is 0 Å². The maximum absolute atomic E-state index is 12.3. The second kappa shape index (κ2) is 9.43. The molecular formula is C23H32ClN3O. The molecule has 1 saturated carbocycles. The van der Waals surface area contributed by atoms with Crippen LogP contribution in [-0.2, 0) is 4.79 Å². The van der Waals surface area contributed by atoms with Crippen LogP contribution in [-0.4, -0.2) is 60.5 Å². The fourth-order valence-corrected chi connectivity index (χ4v) is 4.80. The number of carbonyl (C=O) groups excluding carboxylic acids is 1. The van der Waals surface area contributed by atoms with Crippen LogP contribution in [0.15, 0.2) is 35.4 Å². The number of halogens is 1. The smallest absolute Gasteiger partial charge is 0.223 e. The fraction of sp³-hybridized carbons (Fsp3) is 0.609. The quantitative estimate of drug-likeness (QED) is 0.789. The van der Waals surface area contributed by atoms with Crippen LogP contribution in [0.5, 0.6) is 0 Å². The van der Waals surface area contributed by atoms with Crippen molar-refractivity contribution in [2.45, 2.75) is 50.6 Å². The lowest BCUT2D eigenvalue weighted by Gasteiger charge is -2.41. The standard InChI is InChI=1S/C23H32ClN3O/c24-20(16-18-4-2-1-3-5-18)17-26-12-10-22(11-13-26)27-14-8-19(9-15-27)23(28)25-21-6-7-21/h1-5,16,19,21-22H,6-15,17H2,(H,25,28)/b20-16-. The first kappa shape index (κ1) is 19.9. The van der Waals surface area contributed by atoms with Crippen molar-refractivity contribution in [3.63, 3.8) is 0 Å². The second-order valence-corrected chi connectivity index (χ2v) is 9.09. The second-order valence-electron chi connectivity index (χ2n) is 8.60. The summed E-state index contributed by atoms with van der Waals surface area (Å²) in [6, 6.07) is 11.4. The van der Waals surface area contributed by atoms with Crippen LogP contribution in [0.2, 0.25) is 0 Å². The summed E-state index contributed by atoms with van der Waals surface area (Å²) in [4.78, 5) is 17.3. The number of piperidine rings is 2. The topological polar surface area (TPSA) is 35.6 Å². The van der Waals surface area contributed by atoms with E-state index in [2.05, 4.69) is 33.3 Å². The molecule has 0 atom stereocenters. The Labute approximate surface area is 173 Å². The van der Waals surface area contributed by atoms with Crippen molar-refractivity contribution in [2.24, 2.45) is 5.92 Å². The first-order valence-electron chi connectivity index (χ1n) is 10.9. The molecule has 0 radical (unpaired) electrons. The number of amides is 1. The molecule has 0 spiro atoms. The molecule has 1 aromatic carbocycles. The molecule has 0 bridgehead atoms. The van der Waals surface area contributed by atoms with E-state index < -0.39 is 0 Å². The molecular weight excluding hydrogens is 370 g/mol. The molecule has 2 heterocycles. The molecule has 4 rings (SSSR count). The van der Waals surface area contributed by atoms with E-state index in [1.165, 1.54) is 25.7 Å². The number of nitrogens with one attached hydrogen (secondary N) is 1. The minimum absolute atomic E-state index is 0.235. The third-order valence-electron chi connectivity index (χ3n) is 6.40. The van der Waals surface area contributed by atoms with Crippen molar-refractivity contribution in [1.82, 2.24) is 15.1 Å². The van der Waals surface area contributed by atoms with E-state index in [1.807, 2.05) is 18.2 Å². The number of likely N-dealkylation sites (tertiary alicyclic amines) is 2. The van der Waals surface area contributed by atoms with Crippen LogP contribution in [0.3, 0.4) is 0 Å². The third kappa shape index (κ3) is 5.59. The maximum atomic E-state index is 12.3. The Bertz CT molecular complexity index is 672. The Balaban J connectivity index is 1.18. The highest BCUT2D eigenvalue weighted by Crippen LogP contribution is 2.26. The molecule has 2 saturated heterocycles. The average molecular weight is 402 g/mol. The molecule has 1 aliphatic carbocycles. The van der Waals surface area contributed by atoms with Crippen LogP contribution in [0, 0.1) is 5.92 Å². The number of hydrogen-bond donors (Lipinski definition) is 1.